The molecule has 0 amide bonds. The zero-order valence-corrected chi connectivity index (χ0v) is 15.4. The normalized spacial score (nSPS) is 25.8. The first kappa shape index (κ1) is 16.6. The smallest absolute Gasteiger partial charge is 0.355 e. The van der Waals surface area contributed by atoms with E-state index in [0.29, 0.717) is 23.6 Å². The molecule has 3 atom stereocenters. The van der Waals surface area contributed by atoms with Crippen LogP contribution >= 0.6 is 11.3 Å². The van der Waals surface area contributed by atoms with Crippen LogP contribution in [0.2, 0.25) is 0 Å². The molecule has 2 heterocycles. The number of nitrogens with one attached hydrogen (secondary N) is 1. The van der Waals surface area contributed by atoms with Gasteiger partial charge in [-0.15, -0.1) is 11.3 Å². The van der Waals surface area contributed by atoms with Crippen molar-refractivity contribution in [3.8, 4) is 0 Å². The molecule has 5 heteroatoms. The van der Waals surface area contributed by atoms with Gasteiger partial charge >= 0.3 is 5.97 Å². The fourth-order valence-corrected chi connectivity index (χ4v) is 5.08. The first-order chi connectivity index (χ1) is 12.0. The average Bonchev–Trinajstić information content (AvgIpc) is 3.29. The summed E-state index contributed by atoms with van der Waals surface area (Å²) in [7, 11) is 0. The standard InChI is InChI=1S/C20H23NO3S/c1-11-5-3-6-16(11)24-20(23)19-12(2)18-14(21-19)9-13(10-15(18)22)17-7-4-8-25-17/h4,7-8,11,13,16,21H,3,5-6,9-10H2,1-2H3/t11-,13+,16+/m0/s1. The number of rotatable bonds is 3. The molecular weight excluding hydrogens is 334 g/mol. The average molecular weight is 357 g/mol. The summed E-state index contributed by atoms with van der Waals surface area (Å²) >= 11 is 1.69. The number of hydrogen-bond donors (Lipinski definition) is 1. The highest BCUT2D eigenvalue weighted by Crippen LogP contribution is 2.37. The summed E-state index contributed by atoms with van der Waals surface area (Å²) in [5, 5.41) is 2.04. The predicted molar refractivity (Wildman–Crippen MR) is 97.5 cm³/mol. The number of ether oxygens (including phenoxy) is 1. The lowest BCUT2D eigenvalue weighted by atomic mass is 9.84. The molecule has 1 saturated carbocycles. The van der Waals surface area contributed by atoms with Crippen LogP contribution < -0.4 is 0 Å². The first-order valence-corrected chi connectivity index (χ1v) is 9.91. The van der Waals surface area contributed by atoms with E-state index in [0.717, 1.165) is 36.9 Å². The van der Waals surface area contributed by atoms with Gasteiger partial charge in [0.15, 0.2) is 5.78 Å². The highest BCUT2D eigenvalue weighted by molar-refractivity contribution is 7.10. The van der Waals surface area contributed by atoms with Gasteiger partial charge in [0, 0.05) is 28.5 Å². The molecule has 0 aromatic carbocycles. The monoisotopic (exact) mass is 357 g/mol. The van der Waals surface area contributed by atoms with E-state index in [-0.39, 0.29) is 23.8 Å². The summed E-state index contributed by atoms with van der Waals surface area (Å²) < 4.78 is 5.72. The van der Waals surface area contributed by atoms with Gasteiger partial charge in [0.25, 0.3) is 0 Å². The minimum absolute atomic E-state index is 0.00166. The number of Topliss-reactive ketones (excluding diaryl/α,β-unsaturated/α-hetero) is 1. The van der Waals surface area contributed by atoms with Crippen LogP contribution in [0.5, 0.6) is 0 Å². The fourth-order valence-electron chi connectivity index (χ4n) is 4.25. The molecule has 0 spiro atoms. The predicted octanol–water partition coefficient (Wildman–Crippen LogP) is 4.64. The van der Waals surface area contributed by atoms with E-state index in [2.05, 4.69) is 18.0 Å². The van der Waals surface area contributed by atoms with Crippen molar-refractivity contribution in [2.45, 2.75) is 58.0 Å². The Hall–Kier alpha value is -1.88. The molecule has 4 nitrogen and oxygen atoms in total. The van der Waals surface area contributed by atoms with Crippen molar-refractivity contribution in [2.75, 3.05) is 0 Å². The number of H-pyrrole nitrogens is 1. The molecule has 1 fully saturated rings. The van der Waals surface area contributed by atoms with E-state index in [9.17, 15) is 9.59 Å². The van der Waals surface area contributed by atoms with Crippen molar-refractivity contribution in [3.63, 3.8) is 0 Å². The third-order valence-electron chi connectivity index (χ3n) is 5.68. The Balaban J connectivity index is 1.59. The lowest BCUT2D eigenvalue weighted by molar-refractivity contribution is 0.0219. The summed E-state index contributed by atoms with van der Waals surface area (Å²) in [6.45, 7) is 3.99. The van der Waals surface area contributed by atoms with Crippen LogP contribution in [0.15, 0.2) is 17.5 Å². The summed E-state index contributed by atoms with van der Waals surface area (Å²) in [5.74, 6) is 0.434. The molecule has 2 aromatic heterocycles. The highest BCUT2D eigenvalue weighted by Gasteiger charge is 2.34. The Bertz CT molecular complexity index is 805. The zero-order chi connectivity index (χ0) is 17.6. The van der Waals surface area contributed by atoms with Crippen molar-refractivity contribution in [2.24, 2.45) is 5.92 Å². The van der Waals surface area contributed by atoms with Crippen LogP contribution in [-0.4, -0.2) is 22.8 Å². The van der Waals surface area contributed by atoms with Crippen LogP contribution in [0.4, 0.5) is 0 Å². The number of aromatic nitrogens is 1. The lowest BCUT2D eigenvalue weighted by Crippen LogP contribution is -2.21. The maximum Gasteiger partial charge on any atom is 0.355 e. The van der Waals surface area contributed by atoms with Gasteiger partial charge in [-0.2, -0.15) is 0 Å². The topological polar surface area (TPSA) is 59.2 Å². The van der Waals surface area contributed by atoms with Gasteiger partial charge in [0.2, 0.25) is 0 Å². The molecule has 25 heavy (non-hydrogen) atoms. The molecule has 1 N–H and O–H groups in total. The van der Waals surface area contributed by atoms with Gasteiger partial charge < -0.3 is 9.72 Å². The second-order valence-corrected chi connectivity index (χ2v) is 8.35. The number of carbonyl (C=O) groups excluding carboxylic acids is 2. The number of fused-ring (bicyclic) bond motifs is 1. The van der Waals surface area contributed by atoms with E-state index in [1.165, 1.54) is 4.88 Å². The number of aromatic amines is 1. The summed E-state index contributed by atoms with van der Waals surface area (Å²) in [5.41, 5.74) is 2.81. The molecule has 4 rings (SSSR count). The van der Waals surface area contributed by atoms with E-state index in [1.807, 2.05) is 18.4 Å². The zero-order valence-electron chi connectivity index (χ0n) is 14.6. The molecule has 0 radical (unpaired) electrons. The van der Waals surface area contributed by atoms with Crippen LogP contribution in [0.3, 0.4) is 0 Å². The maximum absolute atomic E-state index is 12.7. The quantitative estimate of drug-likeness (QED) is 0.814. The highest BCUT2D eigenvalue weighted by atomic mass is 32.1. The molecule has 0 bridgehead atoms. The minimum atomic E-state index is -0.314. The number of hydrogen-bond acceptors (Lipinski definition) is 4. The van der Waals surface area contributed by atoms with Gasteiger partial charge in [0.1, 0.15) is 11.8 Å². The van der Waals surface area contributed by atoms with Crippen molar-refractivity contribution < 1.29 is 14.3 Å². The van der Waals surface area contributed by atoms with E-state index in [4.69, 9.17) is 4.74 Å². The Morgan fingerprint density at radius 3 is 2.84 bits per heavy atom. The Kier molecular flexibility index (Phi) is 4.28. The fraction of sp³-hybridized carbons (Fsp3) is 0.500. The summed E-state index contributed by atoms with van der Waals surface area (Å²) in [4.78, 5) is 29.8. The van der Waals surface area contributed by atoms with Crippen molar-refractivity contribution >= 4 is 23.1 Å². The molecule has 0 saturated heterocycles. The second-order valence-electron chi connectivity index (χ2n) is 7.37. The molecule has 0 unspecified atom stereocenters. The number of carbonyl (C=O) groups is 2. The summed E-state index contributed by atoms with van der Waals surface area (Å²) in [6, 6.07) is 4.10. The summed E-state index contributed by atoms with van der Waals surface area (Å²) in [6.07, 6.45) is 4.45. The van der Waals surface area contributed by atoms with Gasteiger partial charge in [-0.25, -0.2) is 4.79 Å². The van der Waals surface area contributed by atoms with E-state index in [1.54, 1.807) is 11.3 Å². The third kappa shape index (κ3) is 2.95. The third-order valence-corrected chi connectivity index (χ3v) is 6.71. The SMILES string of the molecule is Cc1c(C(=O)O[C@@H]2CCC[C@@H]2C)[nH]c2c1C(=O)C[C@H](c1cccs1)C2. The van der Waals surface area contributed by atoms with Gasteiger partial charge in [-0.05, 0) is 55.5 Å². The van der Waals surface area contributed by atoms with Crippen molar-refractivity contribution in [1.82, 2.24) is 4.98 Å². The number of esters is 1. The molecular formula is C20H23NO3S. The minimum Gasteiger partial charge on any atom is -0.457 e. The van der Waals surface area contributed by atoms with Crippen LogP contribution in [0.1, 0.15) is 75.5 Å². The Labute approximate surface area is 151 Å². The second kappa shape index (κ2) is 6.45. The Morgan fingerprint density at radius 1 is 1.32 bits per heavy atom. The van der Waals surface area contributed by atoms with Crippen molar-refractivity contribution in [3.05, 3.63) is 44.9 Å². The lowest BCUT2D eigenvalue weighted by Gasteiger charge is -2.20. The first-order valence-electron chi connectivity index (χ1n) is 9.03. The largest absolute Gasteiger partial charge is 0.457 e. The molecule has 2 aliphatic carbocycles. The van der Waals surface area contributed by atoms with Crippen LogP contribution in [-0.2, 0) is 11.2 Å². The molecule has 2 aromatic rings. The van der Waals surface area contributed by atoms with Gasteiger partial charge in [-0.1, -0.05) is 13.0 Å². The number of ketones is 1. The van der Waals surface area contributed by atoms with Crippen molar-refractivity contribution in [1.29, 1.82) is 0 Å². The molecule has 0 aliphatic heterocycles. The maximum atomic E-state index is 12.7. The van der Waals surface area contributed by atoms with Gasteiger partial charge in [0.05, 0.1) is 0 Å². The van der Waals surface area contributed by atoms with Crippen LogP contribution in [0, 0.1) is 12.8 Å². The Morgan fingerprint density at radius 2 is 2.16 bits per heavy atom. The molecule has 132 valence electrons. The van der Waals surface area contributed by atoms with Gasteiger partial charge in [-0.3, -0.25) is 4.79 Å². The van der Waals surface area contributed by atoms with E-state index < -0.39 is 0 Å². The van der Waals surface area contributed by atoms with E-state index >= 15 is 0 Å². The van der Waals surface area contributed by atoms with Crippen LogP contribution in [0.25, 0.3) is 0 Å². The number of thiophene rings is 1. The molecule has 2 aliphatic rings.